The summed E-state index contributed by atoms with van der Waals surface area (Å²) in [6, 6.07) is 122. The maximum absolute atomic E-state index is 8.56. The molecule has 0 aliphatic heterocycles. The summed E-state index contributed by atoms with van der Waals surface area (Å²) in [6.45, 7) is -20.7. The quantitative estimate of drug-likeness (QED) is 0.120. The van der Waals surface area contributed by atoms with Gasteiger partial charge < -0.3 is 57.5 Å². The van der Waals surface area contributed by atoms with Gasteiger partial charge in [-0.25, -0.2) is 0 Å². The Kier molecular flexibility index (Phi) is 24.8. The fourth-order valence-corrected chi connectivity index (χ4v) is 15.0. The van der Waals surface area contributed by atoms with Crippen LogP contribution in [-0.4, -0.2) is 39.9 Å². The Bertz CT molecular complexity index is 9490. The van der Waals surface area contributed by atoms with E-state index in [0.29, 0.717) is 55.9 Å². The molecule has 24 rings (SSSR count). The van der Waals surface area contributed by atoms with Crippen LogP contribution in [-0.2, 0) is 80.4 Å². The zero-order valence-electron chi connectivity index (χ0n) is 108. The molecule has 4 radical (unpaired) electrons. The van der Waals surface area contributed by atoms with Crippen LogP contribution in [0, 0.1) is 110 Å². The first-order valence-electron chi connectivity index (χ1n) is 59.6. The summed E-state index contributed by atoms with van der Waals surface area (Å²) in [7, 11) is 0. The molecule has 0 fully saturated rings. The van der Waals surface area contributed by atoms with Gasteiger partial charge in [-0.15, -0.1) is 216 Å². The molecular weight excluding hydrogens is 2470 g/mol. The van der Waals surface area contributed by atoms with E-state index in [9.17, 15) is 0 Å². The zero-order valence-corrected chi connectivity index (χ0v) is 85.8. The normalized spacial score (nSPS) is 15.3. The minimum atomic E-state index is -3.36. The molecule has 0 N–H and O–H groups in total. The van der Waals surface area contributed by atoms with E-state index in [1.54, 1.807) is 111 Å². The number of fused-ring (bicyclic) bond motifs is 12. The van der Waals surface area contributed by atoms with E-state index in [1.807, 2.05) is 212 Å². The predicted molar refractivity (Wildman–Crippen MR) is 568 cm³/mol. The van der Waals surface area contributed by atoms with Crippen molar-refractivity contribution in [3.63, 3.8) is 0 Å². The van der Waals surface area contributed by atoms with Gasteiger partial charge >= 0.3 is 0 Å². The van der Waals surface area contributed by atoms with Crippen molar-refractivity contribution in [2.75, 3.05) is 0 Å². The summed E-state index contributed by atoms with van der Waals surface area (Å²) in [5.74, 6) is -5.33. The number of hydrogen-bond donors (Lipinski definition) is 0. The van der Waals surface area contributed by atoms with Crippen LogP contribution < -0.4 is 0 Å². The number of furan rings is 4. The molecule has 0 spiro atoms. The average Bonchev–Trinajstić information content (AvgIpc) is 1.35. The summed E-state index contributed by atoms with van der Waals surface area (Å²) in [6.07, 6.45) is 10.9. The molecule has 12 heterocycles. The largest absolute Gasteiger partial charge is 0.501 e. The van der Waals surface area contributed by atoms with Crippen LogP contribution in [0.5, 0.6) is 0 Å². The Hall–Kier alpha value is -14.4. The first kappa shape index (κ1) is 70.3. The molecule has 0 saturated heterocycles. The van der Waals surface area contributed by atoms with Gasteiger partial charge in [0.1, 0.15) is 22.3 Å². The van der Waals surface area contributed by atoms with Crippen LogP contribution in [0.3, 0.4) is 0 Å². The monoisotopic (exact) mass is 2610 g/mol. The molecule has 16 heteroatoms. The standard InChI is InChI=1S/2C21H18NO.C18H12NO.C17H10NO.2C13H12N.2C12H10N.4Ir/c1-13(2)18-11-19(22-12-14(18)3)17-9-6-8-16-15-7-4-5-10-20(15)23-21(16)17;1-13(2)18-12-22-19(11-14(18)3)17-9-6-8-16-15-7-4-5-10-20(15)23-21(16)17;1-12-9-10-16(19-11-12)15-7-4-6-14-13-5-2-3-8-17(13)20-18(14)15;1-2-10-16-12(6-1)13-7-5-8-14(17(13)19-16)15-9-3-4-11-18-15;2*1-10-8-13(14-9-11(10)2)12-6-4-3-5-7-12;2*1-10-7-8-12(13-9-10)11-5-3-2-4-6-11;;;;/h2*4-8,10-13H,1-3H3;2-6,8-11H,1H3;1-7,9-11H;2*3-6,8-9H,1-2H3;2*2-5,7-9H,1H3;;;;/q8*-1;;;;/i1D3,2D3,3D3,13D;1D3,3D3,13D;1D3;;2*2D3;2*1D3;;;;. The van der Waals surface area contributed by atoms with E-state index in [0.717, 1.165) is 145 Å². The molecule has 718 valence electrons. The van der Waals surface area contributed by atoms with Crippen molar-refractivity contribution in [1.29, 1.82) is 0 Å². The molecule has 0 bridgehead atoms. The Labute approximate surface area is 935 Å². The SMILES string of the molecule is [2H]C([2H])([2H])c1cc(-c2[c-]ccc3c2oc2ccccc23)ncc1C([2H])(C)C([2H])([2H])[2H].[2H]C([2H])([2H])c1ccc(-c2[c-]ccc3c2oc2ccccc23)nc1.[2H]C([2H])([2H])c1ccc(-c2[c-]cccc2)nc1.[2H]C([2H])([2H])c1ccc(-c2[c-]cccc2)nc1.[2H]C([2H])([2H])c1cnc(-c2[c-]ccc3c2oc2ccccc23)cc1C([2H])(C([2H])([2H])[2H])C([2H])([2H])[2H].[2H]C([2H])([2H])c1cnc(-c2[c-]cccc2)cc1C.[2H]C([2H])([2H])c1cnc(-c2[c-]cccc2)cc1C.[Ir].[Ir].[Ir].[Ir].[c-]1ccc2c(oc3ccccc32)c1-c1ccccn1. The third-order valence-corrected chi connectivity index (χ3v) is 22.0. The maximum atomic E-state index is 8.56. The Balaban J connectivity index is 0.000000165. The van der Waals surface area contributed by atoms with Crippen LogP contribution in [0.1, 0.15) is 144 Å². The molecule has 12 nitrogen and oxygen atoms in total. The molecule has 0 aliphatic rings. The number of nitrogens with zero attached hydrogens (tertiary/aromatic N) is 8. The minimum absolute atomic E-state index is 0. The van der Waals surface area contributed by atoms with Gasteiger partial charge in [0.15, 0.2) is 0 Å². The van der Waals surface area contributed by atoms with Crippen LogP contribution in [0.4, 0.5) is 0 Å². The molecule has 1 atom stereocenters. The van der Waals surface area contributed by atoms with Gasteiger partial charge in [0.05, 0.1) is 22.3 Å². The maximum Gasteiger partial charge on any atom is 0.120 e. The second kappa shape index (κ2) is 50.3. The first-order valence-corrected chi connectivity index (χ1v) is 43.6. The number of pyridine rings is 8. The third kappa shape index (κ3) is 25.8. The second-order valence-corrected chi connectivity index (χ2v) is 31.4. The van der Waals surface area contributed by atoms with Crippen LogP contribution >= 0.6 is 0 Å². The Morgan fingerprint density at radius 2 is 0.552 bits per heavy atom. The molecule has 12 aromatic carbocycles. The first-order chi connectivity index (χ1) is 80.6. The van der Waals surface area contributed by atoms with Gasteiger partial charge in [0, 0.05) is 195 Å². The molecule has 1 unspecified atom stereocenters. The molecule has 24 aromatic rings. The smallest absolute Gasteiger partial charge is 0.120 e. The third-order valence-electron chi connectivity index (χ3n) is 22.0. The molecule has 12 aromatic heterocycles. The van der Waals surface area contributed by atoms with E-state index in [-0.39, 0.29) is 120 Å². The Morgan fingerprint density at radius 1 is 0.238 bits per heavy atom. The van der Waals surface area contributed by atoms with E-state index >= 15 is 0 Å². The van der Waals surface area contributed by atoms with Crippen LogP contribution in [0.25, 0.3) is 178 Å². The van der Waals surface area contributed by atoms with Crippen molar-refractivity contribution < 1.29 is 142 Å². The summed E-state index contributed by atoms with van der Waals surface area (Å²) >= 11 is 0. The van der Waals surface area contributed by atoms with Crippen molar-refractivity contribution in [3.8, 4) is 90.1 Å². The van der Waals surface area contributed by atoms with Crippen LogP contribution in [0.15, 0.2) is 389 Å². The van der Waals surface area contributed by atoms with Gasteiger partial charge in [0.25, 0.3) is 0 Å². The molecule has 0 aliphatic carbocycles. The van der Waals surface area contributed by atoms with Crippen molar-refractivity contribution in [2.24, 2.45) is 0 Å². The van der Waals surface area contributed by atoms with Crippen LogP contribution in [0.2, 0.25) is 0 Å². The van der Waals surface area contributed by atoms with Crippen molar-refractivity contribution in [3.05, 3.63) is 481 Å². The van der Waals surface area contributed by atoms with Gasteiger partial charge in [-0.1, -0.05) is 234 Å². The van der Waals surface area contributed by atoms with Gasteiger partial charge in [0.2, 0.25) is 0 Å². The van der Waals surface area contributed by atoms with Gasteiger partial charge in [-0.05, 0) is 194 Å². The van der Waals surface area contributed by atoms with E-state index < -0.39 is 91.4 Å². The number of para-hydroxylation sites is 4. The number of hydrogen-bond acceptors (Lipinski definition) is 12. The van der Waals surface area contributed by atoms with Crippen molar-refractivity contribution in [1.82, 2.24) is 39.9 Å². The summed E-state index contributed by atoms with van der Waals surface area (Å²) in [5, 5.41) is 7.57. The summed E-state index contributed by atoms with van der Waals surface area (Å²) in [5.41, 5.74) is 17.3. The molecule has 0 saturated carbocycles. The van der Waals surface area contributed by atoms with Gasteiger partial charge in [-0.2, -0.15) is 0 Å². The summed E-state index contributed by atoms with van der Waals surface area (Å²) < 4.78 is 268. The molecule has 0 amide bonds. The van der Waals surface area contributed by atoms with E-state index in [2.05, 4.69) is 94.5 Å². The minimum Gasteiger partial charge on any atom is -0.501 e. The second-order valence-electron chi connectivity index (χ2n) is 31.4. The molecular formula is C127H102Ir4N8O4-8. The Morgan fingerprint density at radius 3 is 0.888 bits per heavy atom. The number of aryl methyl sites for hydroxylation is 9. The zero-order chi connectivity index (χ0) is 123. The van der Waals surface area contributed by atoms with E-state index in [4.69, 9.17) is 61.5 Å². The van der Waals surface area contributed by atoms with E-state index in [1.165, 1.54) is 50.2 Å². The van der Waals surface area contributed by atoms with Gasteiger partial charge in [-0.3, -0.25) is 0 Å². The average molecular weight is 2610 g/mol. The van der Waals surface area contributed by atoms with Crippen molar-refractivity contribution >= 4 is 87.8 Å². The topological polar surface area (TPSA) is 156 Å². The number of rotatable bonds is 10. The summed E-state index contributed by atoms with van der Waals surface area (Å²) in [4.78, 5) is 33.8. The fraction of sp³-hybridized carbons (Fsp3) is 0.118. The molecule has 143 heavy (non-hydrogen) atoms. The predicted octanol–water partition coefficient (Wildman–Crippen LogP) is 33.0. The number of aromatic nitrogens is 8. The fourth-order valence-electron chi connectivity index (χ4n) is 15.0. The van der Waals surface area contributed by atoms with Crippen molar-refractivity contribution in [2.45, 2.75) is 101 Å². The number of benzene rings is 12.